The van der Waals surface area contributed by atoms with Gasteiger partial charge < -0.3 is 19.4 Å². The Labute approximate surface area is 215 Å². The fourth-order valence-electron chi connectivity index (χ4n) is 5.44. The number of para-hydroxylation sites is 1. The fraction of sp³-hybridized carbons (Fsp3) is 0.464. The molecule has 2 aliphatic heterocycles. The van der Waals surface area contributed by atoms with Crippen LogP contribution in [0.25, 0.3) is 21.5 Å². The number of hydrogen-bond acceptors (Lipinski definition) is 8. The summed E-state index contributed by atoms with van der Waals surface area (Å²) in [6.07, 6.45) is 3.37. The molecule has 0 bridgehead atoms. The van der Waals surface area contributed by atoms with Crippen molar-refractivity contribution in [3.8, 4) is 17.0 Å². The lowest BCUT2D eigenvalue weighted by Crippen LogP contribution is -2.48. The van der Waals surface area contributed by atoms with E-state index in [1.165, 1.54) is 24.3 Å². The van der Waals surface area contributed by atoms with Gasteiger partial charge in [0.1, 0.15) is 17.0 Å². The van der Waals surface area contributed by atoms with Crippen molar-refractivity contribution in [2.75, 3.05) is 37.6 Å². The van der Waals surface area contributed by atoms with Crippen LogP contribution in [0.15, 0.2) is 47.0 Å². The van der Waals surface area contributed by atoms with Gasteiger partial charge in [0, 0.05) is 61.6 Å². The van der Waals surface area contributed by atoms with E-state index in [1.807, 2.05) is 29.5 Å². The van der Waals surface area contributed by atoms with Crippen LogP contribution in [0.4, 0.5) is 5.82 Å². The topological polar surface area (TPSA) is 78.5 Å². The minimum atomic E-state index is 0.236. The molecular weight excluding hydrogens is 470 g/mol. The number of phenolic OH excluding ortho intramolecular Hbond substituents is 1. The number of aromatic nitrogens is 3. The molecule has 0 saturated carbocycles. The van der Waals surface area contributed by atoms with E-state index in [2.05, 4.69) is 57.2 Å². The molecule has 4 aromatic rings. The van der Waals surface area contributed by atoms with Crippen molar-refractivity contribution in [2.45, 2.75) is 39.0 Å². The average molecular weight is 504 g/mol. The molecule has 0 atom stereocenters. The summed E-state index contributed by atoms with van der Waals surface area (Å²) in [6.45, 7) is 9.95. The van der Waals surface area contributed by atoms with E-state index in [9.17, 15) is 5.11 Å². The first-order valence-electron chi connectivity index (χ1n) is 13.0. The third-order valence-electron chi connectivity index (χ3n) is 7.44. The van der Waals surface area contributed by atoms with E-state index in [1.54, 1.807) is 6.07 Å². The van der Waals surface area contributed by atoms with Crippen molar-refractivity contribution in [3.05, 3.63) is 53.1 Å². The Morgan fingerprint density at radius 1 is 1.08 bits per heavy atom. The predicted octanol–water partition coefficient (Wildman–Crippen LogP) is 5.57. The smallest absolute Gasteiger partial charge is 0.172 e. The molecule has 2 fully saturated rings. The minimum Gasteiger partial charge on any atom is -0.507 e. The zero-order chi connectivity index (χ0) is 24.6. The fourth-order valence-corrected chi connectivity index (χ4v) is 6.55. The highest BCUT2D eigenvalue weighted by Crippen LogP contribution is 2.38. The number of likely N-dealkylation sites (tertiary alicyclic amines) is 1. The lowest BCUT2D eigenvalue weighted by Gasteiger charge is -2.42. The molecular formula is C28H33N5O2S. The molecule has 6 rings (SSSR count). The van der Waals surface area contributed by atoms with Gasteiger partial charge in [-0.3, -0.25) is 0 Å². The summed E-state index contributed by atoms with van der Waals surface area (Å²) in [5, 5.41) is 23.3. The summed E-state index contributed by atoms with van der Waals surface area (Å²) in [7, 11) is 0. The van der Waals surface area contributed by atoms with E-state index in [-0.39, 0.29) is 5.75 Å². The number of thiophene rings is 1. The van der Waals surface area contributed by atoms with Crippen molar-refractivity contribution in [3.63, 3.8) is 0 Å². The molecule has 188 valence electrons. The number of benzene rings is 1. The van der Waals surface area contributed by atoms with Gasteiger partial charge in [-0.15, -0.1) is 21.5 Å². The molecule has 1 N–H and O–H groups in total. The first-order valence-corrected chi connectivity index (χ1v) is 13.8. The van der Waals surface area contributed by atoms with Crippen LogP contribution in [0.2, 0.25) is 0 Å². The van der Waals surface area contributed by atoms with Gasteiger partial charge in [-0.1, -0.05) is 31.1 Å². The number of aromatic hydroxyl groups is 1. The van der Waals surface area contributed by atoms with Crippen LogP contribution in [0.1, 0.15) is 43.2 Å². The van der Waals surface area contributed by atoms with E-state index < -0.39 is 0 Å². The second-order valence-electron chi connectivity index (χ2n) is 10.7. The molecule has 0 radical (unpaired) electrons. The van der Waals surface area contributed by atoms with Crippen LogP contribution in [0.3, 0.4) is 0 Å². The second-order valence-corrected chi connectivity index (χ2v) is 11.9. The number of rotatable bonds is 7. The van der Waals surface area contributed by atoms with Crippen molar-refractivity contribution >= 4 is 27.4 Å². The highest BCUT2D eigenvalue weighted by Gasteiger charge is 2.32. The molecule has 8 heteroatoms. The van der Waals surface area contributed by atoms with Gasteiger partial charge in [0.15, 0.2) is 5.82 Å². The Morgan fingerprint density at radius 3 is 2.67 bits per heavy atom. The van der Waals surface area contributed by atoms with Crippen molar-refractivity contribution < 1.29 is 9.63 Å². The Morgan fingerprint density at radius 2 is 1.89 bits per heavy atom. The van der Waals surface area contributed by atoms with Crippen molar-refractivity contribution in [1.29, 1.82) is 0 Å². The number of hydrogen-bond donors (Lipinski definition) is 1. The summed E-state index contributed by atoms with van der Waals surface area (Å²) in [5.41, 5.74) is 2.39. The molecule has 7 nitrogen and oxygen atoms in total. The van der Waals surface area contributed by atoms with Gasteiger partial charge in [-0.25, -0.2) is 0 Å². The first-order chi connectivity index (χ1) is 17.5. The predicted molar refractivity (Wildman–Crippen MR) is 144 cm³/mol. The van der Waals surface area contributed by atoms with Gasteiger partial charge in [0.05, 0.1) is 10.4 Å². The SMILES string of the molecule is CC(C)Cc1cc(N2CCC(CN3CC(c4cc5nnc(-c6ccccc6O)cc5s4)C3)CC2)no1. The maximum absolute atomic E-state index is 10.2. The minimum absolute atomic E-state index is 0.236. The Bertz CT molecular complexity index is 1330. The lowest BCUT2D eigenvalue weighted by molar-refractivity contribution is 0.117. The number of phenols is 1. The number of piperidine rings is 1. The Balaban J connectivity index is 1.01. The van der Waals surface area contributed by atoms with Gasteiger partial charge in [-0.05, 0) is 48.9 Å². The summed E-state index contributed by atoms with van der Waals surface area (Å²) < 4.78 is 6.67. The van der Waals surface area contributed by atoms with Crippen LogP contribution < -0.4 is 4.90 Å². The van der Waals surface area contributed by atoms with Crippen molar-refractivity contribution in [1.82, 2.24) is 20.3 Å². The molecule has 2 saturated heterocycles. The summed E-state index contributed by atoms with van der Waals surface area (Å²) >= 11 is 1.81. The molecule has 1 aromatic carbocycles. The van der Waals surface area contributed by atoms with Crippen LogP contribution in [-0.4, -0.2) is 58.1 Å². The van der Waals surface area contributed by atoms with E-state index >= 15 is 0 Å². The third-order valence-corrected chi connectivity index (χ3v) is 8.68. The second kappa shape index (κ2) is 9.82. The van der Waals surface area contributed by atoms with Crippen LogP contribution in [0.5, 0.6) is 5.75 Å². The van der Waals surface area contributed by atoms with Crippen LogP contribution in [0, 0.1) is 11.8 Å². The van der Waals surface area contributed by atoms with Gasteiger partial charge in [0.2, 0.25) is 0 Å². The summed E-state index contributed by atoms with van der Waals surface area (Å²) in [6, 6.07) is 13.7. The van der Waals surface area contributed by atoms with E-state index in [0.717, 1.165) is 71.6 Å². The lowest BCUT2D eigenvalue weighted by atomic mass is 9.92. The highest BCUT2D eigenvalue weighted by molar-refractivity contribution is 7.19. The molecule has 0 amide bonds. The van der Waals surface area contributed by atoms with Crippen LogP contribution >= 0.6 is 11.3 Å². The zero-order valence-corrected chi connectivity index (χ0v) is 21.7. The summed E-state index contributed by atoms with van der Waals surface area (Å²) in [4.78, 5) is 6.37. The quantitative estimate of drug-likeness (QED) is 0.353. The molecule has 0 spiro atoms. The highest BCUT2D eigenvalue weighted by atomic mass is 32.1. The molecule has 2 aliphatic rings. The maximum Gasteiger partial charge on any atom is 0.172 e. The zero-order valence-electron chi connectivity index (χ0n) is 20.9. The van der Waals surface area contributed by atoms with Crippen molar-refractivity contribution in [2.24, 2.45) is 11.8 Å². The normalized spacial score (nSPS) is 17.8. The molecule has 5 heterocycles. The molecule has 36 heavy (non-hydrogen) atoms. The molecule has 0 unspecified atom stereocenters. The van der Waals surface area contributed by atoms with E-state index in [4.69, 9.17) is 4.52 Å². The number of fused-ring (bicyclic) bond motifs is 1. The standard InChI is InChI=1S/C28H33N5O2S/c1-18(2)11-21-12-28(31-35-21)33-9-7-19(8-10-33)15-32-16-20(17-32)26-14-24-27(36-26)13-23(29-30-24)22-5-3-4-6-25(22)34/h3-6,12-14,18-20,34H,7-11,15-17H2,1-2H3. The number of nitrogens with zero attached hydrogens (tertiary/aromatic N) is 5. The van der Waals surface area contributed by atoms with Gasteiger partial charge >= 0.3 is 0 Å². The Hall–Kier alpha value is -2.97. The first kappa shape index (κ1) is 23.4. The third kappa shape index (κ3) is 4.84. The Kier molecular flexibility index (Phi) is 6.39. The number of anilines is 1. The summed E-state index contributed by atoms with van der Waals surface area (Å²) in [5.74, 6) is 4.15. The van der Waals surface area contributed by atoms with E-state index in [0.29, 0.717) is 11.8 Å². The maximum atomic E-state index is 10.2. The molecule has 0 aliphatic carbocycles. The monoisotopic (exact) mass is 503 g/mol. The molecule has 3 aromatic heterocycles. The average Bonchev–Trinajstić information content (AvgIpc) is 3.48. The van der Waals surface area contributed by atoms with Gasteiger partial charge in [-0.2, -0.15) is 0 Å². The van der Waals surface area contributed by atoms with Gasteiger partial charge in [0.25, 0.3) is 0 Å². The van der Waals surface area contributed by atoms with Crippen LogP contribution in [-0.2, 0) is 6.42 Å². The largest absolute Gasteiger partial charge is 0.507 e.